The Morgan fingerprint density at radius 2 is 1.52 bits per heavy atom. The summed E-state index contributed by atoms with van der Waals surface area (Å²) in [5.41, 5.74) is 8.00. The molecule has 0 spiro atoms. The second-order valence-corrected chi connectivity index (χ2v) is 5.58. The maximum atomic E-state index is 5.75. The minimum Gasteiger partial charge on any atom is -0.378 e. The summed E-state index contributed by atoms with van der Waals surface area (Å²) in [5, 5.41) is 0. The summed E-state index contributed by atoms with van der Waals surface area (Å²) in [4.78, 5) is 2.10. The van der Waals surface area contributed by atoms with Crippen LogP contribution in [0.2, 0.25) is 0 Å². The summed E-state index contributed by atoms with van der Waals surface area (Å²) in [7, 11) is 4.09. The molecule has 0 saturated heterocycles. The van der Waals surface area contributed by atoms with E-state index in [0.29, 0.717) is 0 Å². The first-order valence-corrected chi connectivity index (χ1v) is 7.45. The number of rotatable bonds is 6. The number of benzene rings is 2. The van der Waals surface area contributed by atoms with Crippen molar-refractivity contribution in [3.05, 3.63) is 65.2 Å². The van der Waals surface area contributed by atoms with Crippen molar-refractivity contribution in [2.45, 2.75) is 25.8 Å². The maximum absolute atomic E-state index is 5.75. The van der Waals surface area contributed by atoms with Gasteiger partial charge < -0.3 is 4.90 Å². The van der Waals surface area contributed by atoms with Crippen LogP contribution in [0.1, 0.15) is 29.7 Å². The SMILES string of the molecule is CCc1ccc(CC(NN)c2ccc(N(C)C)cc2)cc1. The van der Waals surface area contributed by atoms with Crippen LogP contribution in [0, 0.1) is 0 Å². The molecule has 1 atom stereocenters. The van der Waals surface area contributed by atoms with E-state index in [-0.39, 0.29) is 6.04 Å². The van der Waals surface area contributed by atoms with E-state index in [9.17, 15) is 0 Å². The molecule has 0 aromatic heterocycles. The quantitative estimate of drug-likeness (QED) is 0.632. The van der Waals surface area contributed by atoms with Crippen LogP contribution < -0.4 is 16.2 Å². The van der Waals surface area contributed by atoms with Gasteiger partial charge >= 0.3 is 0 Å². The van der Waals surface area contributed by atoms with E-state index in [1.54, 1.807) is 0 Å². The summed E-state index contributed by atoms with van der Waals surface area (Å²) in [6.07, 6.45) is 1.96. The zero-order chi connectivity index (χ0) is 15.2. The zero-order valence-corrected chi connectivity index (χ0v) is 13.1. The van der Waals surface area contributed by atoms with Crippen LogP contribution in [0.3, 0.4) is 0 Å². The molecule has 0 amide bonds. The van der Waals surface area contributed by atoms with Crippen LogP contribution in [0.5, 0.6) is 0 Å². The predicted molar refractivity (Wildman–Crippen MR) is 90.4 cm³/mol. The first kappa shape index (κ1) is 15.5. The Morgan fingerprint density at radius 1 is 0.952 bits per heavy atom. The molecular weight excluding hydrogens is 258 g/mol. The molecule has 0 fully saturated rings. The molecule has 3 N–H and O–H groups in total. The van der Waals surface area contributed by atoms with Gasteiger partial charge in [0.25, 0.3) is 0 Å². The van der Waals surface area contributed by atoms with Crippen LogP contribution in [0.15, 0.2) is 48.5 Å². The number of anilines is 1. The van der Waals surface area contributed by atoms with Crippen molar-refractivity contribution in [3.8, 4) is 0 Å². The molecule has 2 aromatic carbocycles. The van der Waals surface area contributed by atoms with Gasteiger partial charge in [-0.05, 0) is 41.7 Å². The topological polar surface area (TPSA) is 41.3 Å². The molecule has 3 heteroatoms. The highest BCUT2D eigenvalue weighted by atomic mass is 15.2. The lowest BCUT2D eigenvalue weighted by atomic mass is 9.98. The van der Waals surface area contributed by atoms with Gasteiger partial charge in [0.15, 0.2) is 0 Å². The summed E-state index contributed by atoms with van der Waals surface area (Å²) in [6, 6.07) is 17.4. The Bertz CT molecular complexity index is 544. The normalized spacial score (nSPS) is 12.2. The molecule has 0 bridgehead atoms. The van der Waals surface area contributed by atoms with E-state index in [1.807, 2.05) is 14.1 Å². The number of hydrogen-bond acceptors (Lipinski definition) is 3. The van der Waals surface area contributed by atoms with E-state index in [0.717, 1.165) is 12.8 Å². The molecular formula is C18H25N3. The number of nitrogens with zero attached hydrogens (tertiary/aromatic N) is 1. The number of hydrogen-bond donors (Lipinski definition) is 2. The minimum atomic E-state index is 0.133. The van der Waals surface area contributed by atoms with Crippen LogP contribution in [-0.4, -0.2) is 14.1 Å². The van der Waals surface area contributed by atoms with Crippen molar-refractivity contribution < 1.29 is 0 Å². The average molecular weight is 283 g/mol. The molecule has 0 saturated carbocycles. The highest BCUT2D eigenvalue weighted by Crippen LogP contribution is 2.21. The Morgan fingerprint density at radius 3 is 2.00 bits per heavy atom. The van der Waals surface area contributed by atoms with Gasteiger partial charge in [-0.3, -0.25) is 11.3 Å². The monoisotopic (exact) mass is 283 g/mol. The molecule has 3 nitrogen and oxygen atoms in total. The predicted octanol–water partition coefficient (Wildman–Crippen LogP) is 3.06. The van der Waals surface area contributed by atoms with Gasteiger partial charge in [0.05, 0.1) is 0 Å². The fraction of sp³-hybridized carbons (Fsp3) is 0.333. The van der Waals surface area contributed by atoms with Gasteiger partial charge in [0.2, 0.25) is 0 Å². The van der Waals surface area contributed by atoms with Gasteiger partial charge in [-0.1, -0.05) is 43.3 Å². The minimum absolute atomic E-state index is 0.133. The Labute approximate surface area is 127 Å². The van der Waals surface area contributed by atoms with E-state index >= 15 is 0 Å². The number of nitrogens with one attached hydrogen (secondary N) is 1. The smallest absolute Gasteiger partial charge is 0.0500 e. The fourth-order valence-corrected chi connectivity index (χ4v) is 2.42. The lowest BCUT2D eigenvalue weighted by Gasteiger charge is -2.18. The molecule has 1 unspecified atom stereocenters. The summed E-state index contributed by atoms with van der Waals surface area (Å²) < 4.78 is 0. The number of nitrogens with two attached hydrogens (primary N) is 1. The van der Waals surface area contributed by atoms with E-state index < -0.39 is 0 Å². The van der Waals surface area contributed by atoms with Gasteiger partial charge in [0, 0.05) is 25.8 Å². The maximum Gasteiger partial charge on any atom is 0.0500 e. The standard InChI is InChI=1S/C18H25N3/c1-4-14-5-7-15(8-6-14)13-18(20-19)16-9-11-17(12-10-16)21(2)3/h5-12,18,20H,4,13,19H2,1-3H3. The lowest BCUT2D eigenvalue weighted by Crippen LogP contribution is -2.29. The summed E-state index contributed by atoms with van der Waals surface area (Å²) in [6.45, 7) is 2.17. The number of aryl methyl sites for hydroxylation is 1. The molecule has 0 aliphatic carbocycles. The van der Waals surface area contributed by atoms with Crippen molar-refractivity contribution in [2.75, 3.05) is 19.0 Å². The third-order valence-corrected chi connectivity index (χ3v) is 3.88. The molecule has 0 heterocycles. The van der Waals surface area contributed by atoms with Crippen LogP contribution in [0.25, 0.3) is 0 Å². The zero-order valence-electron chi connectivity index (χ0n) is 13.1. The fourth-order valence-electron chi connectivity index (χ4n) is 2.42. The summed E-state index contributed by atoms with van der Waals surface area (Å²) >= 11 is 0. The third-order valence-electron chi connectivity index (χ3n) is 3.88. The van der Waals surface area contributed by atoms with Crippen molar-refractivity contribution in [3.63, 3.8) is 0 Å². The largest absolute Gasteiger partial charge is 0.378 e. The molecule has 2 aromatic rings. The van der Waals surface area contributed by atoms with Crippen LogP contribution >= 0.6 is 0 Å². The van der Waals surface area contributed by atoms with Crippen molar-refractivity contribution in [2.24, 2.45) is 5.84 Å². The first-order chi connectivity index (χ1) is 10.1. The van der Waals surface area contributed by atoms with Crippen molar-refractivity contribution >= 4 is 5.69 Å². The van der Waals surface area contributed by atoms with Crippen molar-refractivity contribution in [1.29, 1.82) is 0 Å². The highest BCUT2D eigenvalue weighted by molar-refractivity contribution is 5.46. The first-order valence-electron chi connectivity index (χ1n) is 7.45. The van der Waals surface area contributed by atoms with Crippen LogP contribution in [-0.2, 0) is 12.8 Å². The third kappa shape index (κ3) is 4.06. The van der Waals surface area contributed by atoms with Gasteiger partial charge in [-0.25, -0.2) is 0 Å². The Balaban J connectivity index is 2.11. The average Bonchev–Trinajstić information content (AvgIpc) is 2.53. The van der Waals surface area contributed by atoms with Crippen molar-refractivity contribution in [1.82, 2.24) is 5.43 Å². The van der Waals surface area contributed by atoms with Gasteiger partial charge in [-0.15, -0.1) is 0 Å². The highest BCUT2D eigenvalue weighted by Gasteiger charge is 2.10. The second-order valence-electron chi connectivity index (χ2n) is 5.58. The van der Waals surface area contributed by atoms with E-state index in [2.05, 4.69) is 65.8 Å². The second kappa shape index (κ2) is 7.25. The van der Waals surface area contributed by atoms with E-state index in [1.165, 1.54) is 22.4 Å². The molecule has 0 radical (unpaired) electrons. The number of hydrazine groups is 1. The van der Waals surface area contributed by atoms with Gasteiger partial charge in [0.1, 0.15) is 0 Å². The lowest BCUT2D eigenvalue weighted by molar-refractivity contribution is 0.552. The van der Waals surface area contributed by atoms with E-state index in [4.69, 9.17) is 5.84 Å². The van der Waals surface area contributed by atoms with Crippen LogP contribution in [0.4, 0.5) is 5.69 Å². The molecule has 21 heavy (non-hydrogen) atoms. The summed E-state index contributed by atoms with van der Waals surface area (Å²) in [5.74, 6) is 5.75. The molecule has 2 rings (SSSR count). The Hall–Kier alpha value is -1.84. The van der Waals surface area contributed by atoms with Gasteiger partial charge in [-0.2, -0.15) is 0 Å². The Kier molecular flexibility index (Phi) is 5.37. The molecule has 112 valence electrons. The molecule has 0 aliphatic heterocycles. The molecule has 0 aliphatic rings.